The summed E-state index contributed by atoms with van der Waals surface area (Å²) >= 11 is 5.98. The fourth-order valence-corrected chi connectivity index (χ4v) is 1.70. The first kappa shape index (κ1) is 12.4. The van der Waals surface area contributed by atoms with Gasteiger partial charge in [0.1, 0.15) is 5.75 Å². The molecule has 18 heavy (non-hydrogen) atoms. The van der Waals surface area contributed by atoms with Crippen LogP contribution in [0.25, 0.3) is 6.08 Å². The molecule has 2 nitrogen and oxygen atoms in total. The Bertz CT molecular complexity index is 586. The molecule has 0 unspecified atom stereocenters. The van der Waals surface area contributed by atoms with Crippen molar-refractivity contribution in [2.45, 2.75) is 0 Å². The highest BCUT2D eigenvalue weighted by Crippen LogP contribution is 2.17. The Morgan fingerprint density at radius 1 is 1.06 bits per heavy atom. The Hall–Kier alpha value is -2.06. The highest BCUT2D eigenvalue weighted by atomic mass is 35.5. The third kappa shape index (κ3) is 2.99. The lowest BCUT2D eigenvalue weighted by Gasteiger charge is -1.98. The van der Waals surface area contributed by atoms with Crippen LogP contribution in [0.1, 0.15) is 15.9 Å². The van der Waals surface area contributed by atoms with Crippen molar-refractivity contribution in [1.82, 2.24) is 0 Å². The molecule has 2 aromatic rings. The number of ketones is 1. The quantitative estimate of drug-likeness (QED) is 0.669. The second-order valence-electron chi connectivity index (χ2n) is 3.77. The van der Waals surface area contributed by atoms with Gasteiger partial charge in [0.25, 0.3) is 0 Å². The number of aromatic hydroxyl groups is 1. The van der Waals surface area contributed by atoms with E-state index in [1.807, 2.05) is 18.2 Å². The van der Waals surface area contributed by atoms with Gasteiger partial charge < -0.3 is 5.11 Å². The molecule has 0 aromatic heterocycles. The molecule has 2 aromatic carbocycles. The highest BCUT2D eigenvalue weighted by molar-refractivity contribution is 6.32. The van der Waals surface area contributed by atoms with E-state index in [9.17, 15) is 4.79 Å². The number of hydrogen-bond donors (Lipinski definition) is 1. The molecule has 0 saturated carbocycles. The van der Waals surface area contributed by atoms with Gasteiger partial charge >= 0.3 is 0 Å². The second kappa shape index (κ2) is 5.52. The van der Waals surface area contributed by atoms with Gasteiger partial charge in [0.05, 0.1) is 0 Å². The van der Waals surface area contributed by atoms with E-state index in [4.69, 9.17) is 16.7 Å². The first-order valence-corrected chi connectivity index (χ1v) is 5.80. The highest BCUT2D eigenvalue weighted by Gasteiger charge is 2.01. The van der Waals surface area contributed by atoms with E-state index >= 15 is 0 Å². The van der Waals surface area contributed by atoms with Crippen LogP contribution in [0.3, 0.4) is 0 Å². The van der Waals surface area contributed by atoms with Crippen LogP contribution in [-0.2, 0) is 0 Å². The van der Waals surface area contributed by atoms with E-state index in [1.165, 1.54) is 18.2 Å². The minimum Gasteiger partial charge on any atom is -0.508 e. The summed E-state index contributed by atoms with van der Waals surface area (Å²) in [5.74, 6) is 0.0107. The van der Waals surface area contributed by atoms with Gasteiger partial charge in [-0.15, -0.1) is 0 Å². The van der Waals surface area contributed by atoms with E-state index in [0.29, 0.717) is 10.6 Å². The number of phenols is 1. The fraction of sp³-hybridized carbons (Fsp3) is 0. The van der Waals surface area contributed by atoms with Crippen molar-refractivity contribution in [2.75, 3.05) is 0 Å². The number of halogens is 1. The molecule has 0 atom stereocenters. The van der Waals surface area contributed by atoms with Gasteiger partial charge in [0, 0.05) is 10.6 Å². The topological polar surface area (TPSA) is 37.3 Å². The number of hydrogen-bond acceptors (Lipinski definition) is 2. The Balaban J connectivity index is 2.17. The summed E-state index contributed by atoms with van der Waals surface area (Å²) in [5, 5.41) is 9.74. The summed E-state index contributed by atoms with van der Waals surface area (Å²) in [5.41, 5.74) is 1.32. The van der Waals surface area contributed by atoms with Crippen LogP contribution in [0.4, 0.5) is 0 Å². The summed E-state index contributed by atoms with van der Waals surface area (Å²) in [7, 11) is 0. The SMILES string of the molecule is O=C(/C=C/c1ccccc1Cl)c1ccc(O)cc1. The number of benzene rings is 2. The van der Waals surface area contributed by atoms with Gasteiger partial charge in [-0.1, -0.05) is 29.8 Å². The molecule has 2 rings (SSSR count). The van der Waals surface area contributed by atoms with Crippen molar-refractivity contribution in [3.05, 3.63) is 70.8 Å². The molecule has 90 valence electrons. The van der Waals surface area contributed by atoms with Crippen LogP contribution in [0.5, 0.6) is 5.75 Å². The Labute approximate surface area is 110 Å². The van der Waals surface area contributed by atoms with Gasteiger partial charge in [-0.3, -0.25) is 4.79 Å². The molecule has 0 aliphatic heterocycles. The minimum absolute atomic E-state index is 0.130. The normalized spacial score (nSPS) is 10.7. The maximum Gasteiger partial charge on any atom is 0.185 e. The summed E-state index contributed by atoms with van der Waals surface area (Å²) < 4.78 is 0. The van der Waals surface area contributed by atoms with E-state index < -0.39 is 0 Å². The number of carbonyl (C=O) groups excluding carboxylic acids is 1. The summed E-state index contributed by atoms with van der Waals surface area (Å²) in [6, 6.07) is 13.4. The third-order valence-electron chi connectivity index (χ3n) is 2.47. The monoisotopic (exact) mass is 258 g/mol. The molecule has 0 amide bonds. The van der Waals surface area contributed by atoms with Crippen molar-refractivity contribution in [3.8, 4) is 5.75 Å². The lowest BCUT2D eigenvalue weighted by atomic mass is 10.1. The predicted octanol–water partition coefficient (Wildman–Crippen LogP) is 3.94. The van der Waals surface area contributed by atoms with Crippen molar-refractivity contribution in [3.63, 3.8) is 0 Å². The zero-order chi connectivity index (χ0) is 13.0. The summed E-state index contributed by atoms with van der Waals surface area (Å²) in [6.07, 6.45) is 3.14. The lowest BCUT2D eigenvalue weighted by Crippen LogP contribution is -1.92. The molecule has 0 heterocycles. The second-order valence-corrected chi connectivity index (χ2v) is 4.17. The van der Waals surface area contributed by atoms with Gasteiger partial charge in [-0.2, -0.15) is 0 Å². The first-order valence-electron chi connectivity index (χ1n) is 5.43. The molecular weight excluding hydrogens is 248 g/mol. The molecule has 0 fully saturated rings. The zero-order valence-corrected chi connectivity index (χ0v) is 10.3. The maximum absolute atomic E-state index is 11.8. The van der Waals surface area contributed by atoms with Crippen LogP contribution >= 0.6 is 11.6 Å². The van der Waals surface area contributed by atoms with E-state index in [2.05, 4.69) is 0 Å². The van der Waals surface area contributed by atoms with Crippen LogP contribution in [0.2, 0.25) is 5.02 Å². The third-order valence-corrected chi connectivity index (χ3v) is 2.82. The maximum atomic E-state index is 11.8. The van der Waals surface area contributed by atoms with E-state index in [-0.39, 0.29) is 11.5 Å². The minimum atomic E-state index is -0.130. The van der Waals surface area contributed by atoms with Crippen LogP contribution < -0.4 is 0 Å². The van der Waals surface area contributed by atoms with E-state index in [0.717, 1.165) is 5.56 Å². The molecular formula is C15H11ClO2. The van der Waals surface area contributed by atoms with Gasteiger partial charge in [-0.25, -0.2) is 0 Å². The van der Waals surface area contributed by atoms with Crippen LogP contribution in [0.15, 0.2) is 54.6 Å². The number of phenolic OH excluding ortho intramolecular Hbond substituents is 1. The Kier molecular flexibility index (Phi) is 3.80. The number of allylic oxidation sites excluding steroid dienone is 1. The van der Waals surface area contributed by atoms with Gasteiger partial charge in [0.2, 0.25) is 0 Å². The average Bonchev–Trinajstić information content (AvgIpc) is 2.38. The lowest BCUT2D eigenvalue weighted by molar-refractivity contribution is 0.104. The predicted molar refractivity (Wildman–Crippen MR) is 72.9 cm³/mol. The molecule has 0 bridgehead atoms. The molecule has 0 aliphatic carbocycles. The molecule has 3 heteroatoms. The smallest absolute Gasteiger partial charge is 0.185 e. The van der Waals surface area contributed by atoms with Crippen molar-refractivity contribution >= 4 is 23.5 Å². The van der Waals surface area contributed by atoms with Crippen LogP contribution in [0, 0.1) is 0 Å². The zero-order valence-electron chi connectivity index (χ0n) is 9.51. The fourth-order valence-electron chi connectivity index (χ4n) is 1.50. The molecule has 0 spiro atoms. The van der Waals surface area contributed by atoms with Crippen LogP contribution in [-0.4, -0.2) is 10.9 Å². The standard InChI is InChI=1S/C15H11ClO2/c16-14-4-2-1-3-11(14)7-10-15(18)12-5-8-13(17)9-6-12/h1-10,17H/b10-7+. The Morgan fingerprint density at radius 2 is 1.72 bits per heavy atom. The average molecular weight is 259 g/mol. The van der Waals surface area contributed by atoms with Gasteiger partial charge in [-0.05, 0) is 48.0 Å². The largest absolute Gasteiger partial charge is 0.508 e. The summed E-state index contributed by atoms with van der Waals surface area (Å²) in [6.45, 7) is 0. The molecule has 1 N–H and O–H groups in total. The molecule has 0 saturated heterocycles. The molecule has 0 radical (unpaired) electrons. The number of carbonyl (C=O) groups is 1. The van der Waals surface area contributed by atoms with Crippen molar-refractivity contribution in [2.24, 2.45) is 0 Å². The first-order chi connectivity index (χ1) is 8.66. The van der Waals surface area contributed by atoms with Crippen molar-refractivity contribution in [1.29, 1.82) is 0 Å². The number of rotatable bonds is 3. The van der Waals surface area contributed by atoms with Gasteiger partial charge in [0.15, 0.2) is 5.78 Å². The van der Waals surface area contributed by atoms with E-state index in [1.54, 1.807) is 24.3 Å². The summed E-state index contributed by atoms with van der Waals surface area (Å²) in [4.78, 5) is 11.8. The van der Waals surface area contributed by atoms with Crippen molar-refractivity contribution < 1.29 is 9.90 Å². The Morgan fingerprint density at radius 3 is 2.39 bits per heavy atom. The molecule has 0 aliphatic rings.